The van der Waals surface area contributed by atoms with E-state index in [0.717, 1.165) is 51.3 Å². The van der Waals surface area contributed by atoms with Crippen molar-refractivity contribution in [3.05, 3.63) is 66.2 Å². The summed E-state index contributed by atoms with van der Waals surface area (Å²) >= 11 is 0. The minimum Gasteiger partial charge on any atom is -0.484 e. The molecule has 0 spiro atoms. The van der Waals surface area contributed by atoms with Crippen molar-refractivity contribution in [3.8, 4) is 5.75 Å². The largest absolute Gasteiger partial charge is 0.484 e. The molecule has 4 heteroatoms. The van der Waals surface area contributed by atoms with E-state index in [2.05, 4.69) is 42.2 Å². The van der Waals surface area contributed by atoms with E-state index in [0.29, 0.717) is 5.92 Å². The molecule has 2 saturated heterocycles. The molecule has 2 aromatic carbocycles. The summed E-state index contributed by atoms with van der Waals surface area (Å²) in [4.78, 5) is 17.4. The minimum absolute atomic E-state index is 0.111. The van der Waals surface area contributed by atoms with Crippen LogP contribution in [0.3, 0.4) is 0 Å². The molecular formula is C24H30N2O2. The van der Waals surface area contributed by atoms with Crippen LogP contribution in [0.1, 0.15) is 18.9 Å². The summed E-state index contributed by atoms with van der Waals surface area (Å²) in [6, 6.07) is 20.3. The lowest BCUT2D eigenvalue weighted by Crippen LogP contribution is -2.39. The third kappa shape index (κ3) is 4.07. The lowest BCUT2D eigenvalue weighted by molar-refractivity contribution is -0.133. The zero-order valence-corrected chi connectivity index (χ0v) is 16.7. The first kappa shape index (κ1) is 19.0. The fraction of sp³-hybridized carbons (Fsp3) is 0.458. The van der Waals surface area contributed by atoms with E-state index in [4.69, 9.17) is 4.74 Å². The van der Waals surface area contributed by atoms with Gasteiger partial charge in [-0.3, -0.25) is 4.79 Å². The predicted molar refractivity (Wildman–Crippen MR) is 111 cm³/mol. The maximum Gasteiger partial charge on any atom is 0.260 e. The van der Waals surface area contributed by atoms with Gasteiger partial charge in [-0.1, -0.05) is 55.5 Å². The van der Waals surface area contributed by atoms with Gasteiger partial charge in [0.1, 0.15) is 5.75 Å². The standard InChI is InChI=1S/C24H30N2O2/c1-2-25-15-21-16-26(23(27)17-28-22-11-7-4-8-12-22)19-24(21,18-25)14-13-20-9-5-3-6-10-20/h3-12,21H,2,13-19H2,1H3. The number of nitrogens with zero attached hydrogens (tertiary/aromatic N) is 2. The molecule has 2 fully saturated rings. The summed E-state index contributed by atoms with van der Waals surface area (Å²) in [5.74, 6) is 1.43. The maximum absolute atomic E-state index is 12.8. The average molecular weight is 379 g/mol. The van der Waals surface area contributed by atoms with Crippen LogP contribution in [0, 0.1) is 11.3 Å². The number of fused-ring (bicyclic) bond motifs is 1. The van der Waals surface area contributed by atoms with Gasteiger partial charge in [-0.05, 0) is 43.0 Å². The number of hydrogen-bond acceptors (Lipinski definition) is 3. The van der Waals surface area contributed by atoms with E-state index < -0.39 is 0 Å². The second-order valence-electron chi connectivity index (χ2n) is 8.25. The molecular weight excluding hydrogens is 348 g/mol. The molecule has 0 bridgehead atoms. The first-order chi connectivity index (χ1) is 13.7. The van der Waals surface area contributed by atoms with E-state index in [1.54, 1.807) is 0 Å². The van der Waals surface area contributed by atoms with Crippen LogP contribution in [0.2, 0.25) is 0 Å². The number of aryl methyl sites for hydroxylation is 1. The van der Waals surface area contributed by atoms with Crippen molar-refractivity contribution in [2.75, 3.05) is 39.3 Å². The van der Waals surface area contributed by atoms with Gasteiger partial charge in [0.05, 0.1) is 0 Å². The van der Waals surface area contributed by atoms with Gasteiger partial charge >= 0.3 is 0 Å². The van der Waals surface area contributed by atoms with Gasteiger partial charge in [0.2, 0.25) is 0 Å². The van der Waals surface area contributed by atoms with Crippen molar-refractivity contribution in [2.24, 2.45) is 11.3 Å². The summed E-state index contributed by atoms with van der Waals surface area (Å²) in [6.45, 7) is 7.39. The van der Waals surface area contributed by atoms with Gasteiger partial charge in [-0.2, -0.15) is 0 Å². The molecule has 0 saturated carbocycles. The van der Waals surface area contributed by atoms with Crippen LogP contribution < -0.4 is 4.74 Å². The summed E-state index contributed by atoms with van der Waals surface area (Å²) in [7, 11) is 0. The first-order valence-corrected chi connectivity index (χ1v) is 10.4. The molecule has 2 heterocycles. The zero-order chi connectivity index (χ0) is 19.4. The van der Waals surface area contributed by atoms with Gasteiger partial charge in [0.25, 0.3) is 5.91 Å². The Balaban J connectivity index is 1.40. The number of carbonyl (C=O) groups is 1. The molecule has 2 atom stereocenters. The lowest BCUT2D eigenvalue weighted by atomic mass is 9.76. The Morgan fingerprint density at radius 2 is 1.75 bits per heavy atom. The van der Waals surface area contributed by atoms with E-state index in [9.17, 15) is 4.79 Å². The number of para-hydroxylation sites is 1. The quantitative estimate of drug-likeness (QED) is 0.740. The number of rotatable bonds is 7. The lowest BCUT2D eigenvalue weighted by Gasteiger charge is -2.29. The topological polar surface area (TPSA) is 32.8 Å². The Morgan fingerprint density at radius 3 is 2.46 bits per heavy atom. The Labute approximate surface area is 168 Å². The van der Waals surface area contributed by atoms with Crippen LogP contribution in [0.15, 0.2) is 60.7 Å². The van der Waals surface area contributed by atoms with Crippen LogP contribution >= 0.6 is 0 Å². The highest BCUT2D eigenvalue weighted by Crippen LogP contribution is 2.45. The molecule has 4 nitrogen and oxygen atoms in total. The zero-order valence-electron chi connectivity index (χ0n) is 16.7. The number of benzene rings is 2. The maximum atomic E-state index is 12.8. The molecule has 2 aromatic rings. The van der Waals surface area contributed by atoms with E-state index in [-0.39, 0.29) is 17.9 Å². The molecule has 2 aliphatic rings. The number of likely N-dealkylation sites (tertiary alicyclic amines) is 2. The number of amides is 1. The average Bonchev–Trinajstić information content (AvgIpc) is 3.26. The smallest absolute Gasteiger partial charge is 0.260 e. The number of ether oxygens (including phenoxy) is 1. The Kier molecular flexibility index (Phi) is 5.67. The highest BCUT2D eigenvalue weighted by molar-refractivity contribution is 5.78. The molecule has 2 unspecified atom stereocenters. The molecule has 0 aromatic heterocycles. The van der Waals surface area contributed by atoms with Crippen molar-refractivity contribution in [3.63, 3.8) is 0 Å². The summed E-state index contributed by atoms with van der Waals surface area (Å²) < 4.78 is 5.71. The first-order valence-electron chi connectivity index (χ1n) is 10.4. The van der Waals surface area contributed by atoms with Crippen molar-refractivity contribution >= 4 is 5.91 Å². The highest BCUT2D eigenvalue weighted by atomic mass is 16.5. The Hall–Kier alpha value is -2.33. The molecule has 0 radical (unpaired) electrons. The normalized spacial score (nSPS) is 24.3. The molecule has 0 aliphatic carbocycles. The molecule has 148 valence electrons. The summed E-state index contributed by atoms with van der Waals surface area (Å²) in [5.41, 5.74) is 1.61. The van der Waals surface area contributed by atoms with E-state index in [1.165, 1.54) is 5.56 Å². The molecule has 2 aliphatic heterocycles. The van der Waals surface area contributed by atoms with Gasteiger partial charge in [0.15, 0.2) is 6.61 Å². The van der Waals surface area contributed by atoms with Crippen molar-refractivity contribution < 1.29 is 9.53 Å². The van der Waals surface area contributed by atoms with Crippen LogP contribution in [0.4, 0.5) is 0 Å². The van der Waals surface area contributed by atoms with Crippen LogP contribution in [0.25, 0.3) is 0 Å². The van der Waals surface area contributed by atoms with Gasteiger partial charge in [-0.25, -0.2) is 0 Å². The molecule has 28 heavy (non-hydrogen) atoms. The van der Waals surface area contributed by atoms with Crippen LogP contribution in [-0.4, -0.2) is 55.0 Å². The molecule has 0 N–H and O–H groups in total. The minimum atomic E-state index is 0.111. The monoisotopic (exact) mass is 378 g/mol. The van der Waals surface area contributed by atoms with Crippen molar-refractivity contribution in [1.29, 1.82) is 0 Å². The Morgan fingerprint density at radius 1 is 1.04 bits per heavy atom. The third-order valence-electron chi connectivity index (χ3n) is 6.49. The molecule has 4 rings (SSSR count). The van der Waals surface area contributed by atoms with Gasteiger partial charge in [0, 0.05) is 31.6 Å². The highest BCUT2D eigenvalue weighted by Gasteiger charge is 2.52. The number of carbonyl (C=O) groups excluding carboxylic acids is 1. The number of hydrogen-bond donors (Lipinski definition) is 0. The summed E-state index contributed by atoms with van der Waals surface area (Å²) in [5, 5.41) is 0. The van der Waals surface area contributed by atoms with Gasteiger partial charge < -0.3 is 14.5 Å². The second kappa shape index (κ2) is 8.36. The van der Waals surface area contributed by atoms with Crippen LogP contribution in [-0.2, 0) is 11.2 Å². The van der Waals surface area contributed by atoms with Gasteiger partial charge in [-0.15, -0.1) is 0 Å². The molecule has 1 amide bonds. The van der Waals surface area contributed by atoms with E-state index >= 15 is 0 Å². The Bertz CT molecular complexity index is 780. The fourth-order valence-corrected chi connectivity index (χ4v) is 4.87. The van der Waals surface area contributed by atoms with Crippen LogP contribution in [0.5, 0.6) is 5.75 Å². The summed E-state index contributed by atoms with van der Waals surface area (Å²) in [6.07, 6.45) is 2.22. The predicted octanol–water partition coefficient (Wildman–Crippen LogP) is 3.48. The fourth-order valence-electron chi connectivity index (χ4n) is 4.87. The SMILES string of the molecule is CCN1CC2CN(C(=O)COc3ccccc3)CC2(CCc2ccccc2)C1. The second-order valence-corrected chi connectivity index (χ2v) is 8.25. The third-order valence-corrected chi connectivity index (χ3v) is 6.49. The van der Waals surface area contributed by atoms with E-state index in [1.807, 2.05) is 35.2 Å². The van der Waals surface area contributed by atoms with Crippen molar-refractivity contribution in [1.82, 2.24) is 9.80 Å². The van der Waals surface area contributed by atoms with Crippen molar-refractivity contribution in [2.45, 2.75) is 19.8 Å².